The topological polar surface area (TPSA) is 58.9 Å². The summed E-state index contributed by atoms with van der Waals surface area (Å²) in [6.07, 6.45) is 3.65. The number of aliphatic hydroxyl groups is 1. The van der Waals surface area contributed by atoms with E-state index in [0.717, 1.165) is 39.3 Å². The number of ether oxygens (including phenoxy) is 2. The van der Waals surface area contributed by atoms with Crippen LogP contribution in [0.2, 0.25) is 0 Å². The molecule has 2 aromatic rings. The van der Waals surface area contributed by atoms with Gasteiger partial charge in [-0.3, -0.25) is 0 Å². The van der Waals surface area contributed by atoms with Gasteiger partial charge in [0.25, 0.3) is 0 Å². The number of phenols is 1. The quantitative estimate of drug-likeness (QED) is 0.490. The molecule has 3 rings (SSSR count). The molecule has 29 heavy (non-hydrogen) atoms. The van der Waals surface area contributed by atoms with Crippen molar-refractivity contribution in [3.8, 4) is 11.5 Å². The van der Waals surface area contributed by atoms with E-state index in [0.29, 0.717) is 18.6 Å². The Balaban J connectivity index is 2.14. The Hall–Kier alpha value is -3.40. The highest BCUT2D eigenvalue weighted by molar-refractivity contribution is 5.93. The van der Waals surface area contributed by atoms with Crippen molar-refractivity contribution in [1.82, 2.24) is 0 Å². The summed E-state index contributed by atoms with van der Waals surface area (Å²) in [5.41, 5.74) is 5.98. The van der Waals surface area contributed by atoms with Gasteiger partial charge in [0.2, 0.25) is 0 Å². The minimum absolute atomic E-state index is 0.147. The first-order chi connectivity index (χ1) is 13.9. The zero-order chi connectivity index (χ0) is 21.0. The molecular weight excluding hydrogens is 364 g/mol. The number of hydrogen-bond donors (Lipinski definition) is 2. The summed E-state index contributed by atoms with van der Waals surface area (Å²) in [5, 5.41) is 19.9. The molecule has 0 amide bonds. The van der Waals surface area contributed by atoms with Gasteiger partial charge in [-0.1, -0.05) is 30.9 Å². The highest BCUT2D eigenvalue weighted by Crippen LogP contribution is 2.39. The molecule has 150 valence electrons. The standard InChI is InChI=1S/C25H26O4/c1-5-6-23(27)17(3)25-14-21(19-9-12-24(28-4)16(2)13-19)22(15-29-25)18-7-10-20(26)11-8-18/h5-13,26-27H,1,14-15H2,2-4H3/b23-6+,25-17+. The maximum atomic E-state index is 10.2. The Morgan fingerprint density at radius 1 is 1.10 bits per heavy atom. The fourth-order valence-electron chi connectivity index (χ4n) is 3.45. The van der Waals surface area contributed by atoms with E-state index in [4.69, 9.17) is 9.47 Å². The molecule has 0 radical (unpaired) electrons. The SMILES string of the molecule is C=C/C=C(O)\C(C)=C1/CC(c2ccc(OC)c(C)c2)=C(c2ccc(O)cc2)CO1. The number of rotatable bonds is 5. The second kappa shape index (κ2) is 8.74. The van der Waals surface area contributed by atoms with Gasteiger partial charge in [-0.15, -0.1) is 0 Å². The summed E-state index contributed by atoms with van der Waals surface area (Å²) in [6, 6.07) is 13.2. The zero-order valence-electron chi connectivity index (χ0n) is 17.0. The number of aliphatic hydroxyl groups excluding tert-OH is 1. The van der Waals surface area contributed by atoms with Crippen molar-refractivity contribution in [2.75, 3.05) is 13.7 Å². The Kier molecular flexibility index (Phi) is 6.13. The number of methoxy groups -OCH3 is 1. The van der Waals surface area contributed by atoms with Crippen LogP contribution in [0, 0.1) is 6.92 Å². The van der Waals surface area contributed by atoms with Crippen molar-refractivity contribution in [1.29, 1.82) is 0 Å². The maximum Gasteiger partial charge on any atom is 0.121 e. The highest BCUT2D eigenvalue weighted by atomic mass is 16.5. The van der Waals surface area contributed by atoms with Gasteiger partial charge in [0.05, 0.1) is 7.11 Å². The Labute approximate surface area is 171 Å². The van der Waals surface area contributed by atoms with E-state index in [1.54, 1.807) is 31.4 Å². The first kappa shape index (κ1) is 20.3. The molecule has 1 aliphatic rings. The van der Waals surface area contributed by atoms with E-state index < -0.39 is 0 Å². The molecule has 1 aliphatic heterocycles. The number of benzene rings is 2. The maximum absolute atomic E-state index is 10.2. The second-order valence-corrected chi connectivity index (χ2v) is 6.99. The van der Waals surface area contributed by atoms with Crippen LogP contribution < -0.4 is 4.74 Å². The van der Waals surface area contributed by atoms with Crippen molar-refractivity contribution in [2.45, 2.75) is 20.3 Å². The molecule has 0 unspecified atom stereocenters. The lowest BCUT2D eigenvalue weighted by atomic mass is 9.89. The molecule has 1 heterocycles. The zero-order valence-corrected chi connectivity index (χ0v) is 17.0. The van der Waals surface area contributed by atoms with Gasteiger partial charge in [0.15, 0.2) is 0 Å². The number of aromatic hydroxyl groups is 1. The highest BCUT2D eigenvalue weighted by Gasteiger charge is 2.23. The normalized spacial score (nSPS) is 16.3. The molecule has 4 nitrogen and oxygen atoms in total. The molecule has 0 fully saturated rings. The van der Waals surface area contributed by atoms with E-state index in [1.807, 2.05) is 38.1 Å². The smallest absolute Gasteiger partial charge is 0.121 e. The van der Waals surface area contributed by atoms with E-state index >= 15 is 0 Å². The van der Waals surface area contributed by atoms with E-state index in [1.165, 1.54) is 0 Å². The summed E-state index contributed by atoms with van der Waals surface area (Å²) < 4.78 is 11.4. The van der Waals surface area contributed by atoms with Crippen molar-refractivity contribution >= 4 is 11.1 Å². The molecular formula is C25H26O4. The minimum Gasteiger partial charge on any atom is -0.508 e. The Morgan fingerprint density at radius 3 is 2.41 bits per heavy atom. The third-order valence-corrected chi connectivity index (χ3v) is 5.13. The van der Waals surface area contributed by atoms with Gasteiger partial charge in [-0.05, 0) is 66.5 Å². The molecule has 0 atom stereocenters. The number of hydrogen-bond acceptors (Lipinski definition) is 4. The molecule has 2 aromatic carbocycles. The number of aryl methyl sites for hydroxylation is 1. The van der Waals surface area contributed by atoms with Crippen molar-refractivity contribution in [3.63, 3.8) is 0 Å². The molecule has 0 aliphatic carbocycles. The predicted octanol–water partition coefficient (Wildman–Crippen LogP) is 5.94. The van der Waals surface area contributed by atoms with Crippen LogP contribution in [-0.4, -0.2) is 23.9 Å². The van der Waals surface area contributed by atoms with Crippen LogP contribution in [0.15, 0.2) is 78.3 Å². The van der Waals surface area contributed by atoms with Gasteiger partial charge in [0, 0.05) is 17.6 Å². The first-order valence-electron chi connectivity index (χ1n) is 9.45. The van der Waals surface area contributed by atoms with E-state index in [9.17, 15) is 10.2 Å². The molecule has 2 N–H and O–H groups in total. The summed E-state index contributed by atoms with van der Waals surface area (Å²) in [4.78, 5) is 0. The molecule has 0 spiro atoms. The van der Waals surface area contributed by atoms with Crippen LogP contribution in [0.3, 0.4) is 0 Å². The summed E-state index contributed by atoms with van der Waals surface area (Å²) in [7, 11) is 1.66. The van der Waals surface area contributed by atoms with Crippen molar-refractivity contribution in [2.24, 2.45) is 0 Å². The van der Waals surface area contributed by atoms with Gasteiger partial charge >= 0.3 is 0 Å². The minimum atomic E-state index is 0.147. The average Bonchev–Trinajstić information content (AvgIpc) is 2.73. The van der Waals surface area contributed by atoms with Gasteiger partial charge in [0.1, 0.15) is 29.6 Å². The third kappa shape index (κ3) is 4.37. The third-order valence-electron chi connectivity index (χ3n) is 5.13. The van der Waals surface area contributed by atoms with Crippen LogP contribution >= 0.6 is 0 Å². The van der Waals surface area contributed by atoms with Gasteiger partial charge < -0.3 is 19.7 Å². The summed E-state index contributed by atoms with van der Waals surface area (Å²) in [5.74, 6) is 1.94. The van der Waals surface area contributed by atoms with Crippen LogP contribution in [-0.2, 0) is 4.74 Å². The summed E-state index contributed by atoms with van der Waals surface area (Å²) >= 11 is 0. The summed E-state index contributed by atoms with van der Waals surface area (Å²) in [6.45, 7) is 7.87. The number of phenolic OH excluding ortho intramolecular Hbond substituents is 1. The number of allylic oxidation sites excluding steroid dienone is 4. The fourth-order valence-corrected chi connectivity index (χ4v) is 3.45. The van der Waals surface area contributed by atoms with Crippen LogP contribution in [0.25, 0.3) is 11.1 Å². The predicted molar refractivity (Wildman–Crippen MR) is 117 cm³/mol. The lowest BCUT2D eigenvalue weighted by Gasteiger charge is -2.26. The molecule has 0 bridgehead atoms. The fraction of sp³-hybridized carbons (Fsp3) is 0.200. The lowest BCUT2D eigenvalue weighted by Crippen LogP contribution is -2.11. The van der Waals surface area contributed by atoms with Crippen LogP contribution in [0.4, 0.5) is 0 Å². The molecule has 0 saturated heterocycles. The monoisotopic (exact) mass is 390 g/mol. The van der Waals surface area contributed by atoms with E-state index in [2.05, 4.69) is 12.6 Å². The Bertz CT molecular complexity index is 1010. The molecule has 4 heteroatoms. The average molecular weight is 390 g/mol. The van der Waals surface area contributed by atoms with Gasteiger partial charge in [-0.25, -0.2) is 0 Å². The first-order valence-corrected chi connectivity index (χ1v) is 9.45. The van der Waals surface area contributed by atoms with Crippen LogP contribution in [0.1, 0.15) is 30.0 Å². The molecule has 0 aromatic heterocycles. The largest absolute Gasteiger partial charge is 0.508 e. The Morgan fingerprint density at radius 2 is 1.79 bits per heavy atom. The van der Waals surface area contributed by atoms with Crippen LogP contribution in [0.5, 0.6) is 11.5 Å². The van der Waals surface area contributed by atoms with Crippen molar-refractivity contribution < 1.29 is 19.7 Å². The van der Waals surface area contributed by atoms with Gasteiger partial charge in [-0.2, -0.15) is 0 Å². The van der Waals surface area contributed by atoms with E-state index in [-0.39, 0.29) is 11.5 Å². The lowest BCUT2D eigenvalue weighted by molar-refractivity contribution is 0.236. The second-order valence-electron chi connectivity index (χ2n) is 6.99. The molecule has 0 saturated carbocycles. The van der Waals surface area contributed by atoms with Crippen molar-refractivity contribution in [3.05, 3.63) is 95.0 Å².